The summed E-state index contributed by atoms with van der Waals surface area (Å²) >= 11 is 3.26. The first-order chi connectivity index (χ1) is 6.34. The zero-order valence-electron chi connectivity index (χ0n) is 7.42. The molecule has 0 aliphatic carbocycles. The summed E-state index contributed by atoms with van der Waals surface area (Å²) in [6, 6.07) is 1.96. The van der Waals surface area contributed by atoms with Gasteiger partial charge in [0.05, 0.1) is 5.69 Å². The molecule has 2 heterocycles. The van der Waals surface area contributed by atoms with E-state index in [1.165, 1.54) is 12.8 Å². The fourth-order valence-electron chi connectivity index (χ4n) is 1.76. The van der Waals surface area contributed by atoms with Crippen molar-refractivity contribution in [2.24, 2.45) is 5.92 Å². The minimum atomic E-state index is 0.733. The molecule has 1 aromatic heterocycles. The van der Waals surface area contributed by atoms with Crippen LogP contribution in [-0.2, 0) is 6.42 Å². The van der Waals surface area contributed by atoms with Gasteiger partial charge < -0.3 is 9.84 Å². The van der Waals surface area contributed by atoms with Crippen LogP contribution in [0.4, 0.5) is 0 Å². The molecule has 0 aromatic carbocycles. The Hall–Kier alpha value is -0.350. The van der Waals surface area contributed by atoms with Gasteiger partial charge in [0.2, 0.25) is 4.67 Å². The van der Waals surface area contributed by atoms with E-state index in [2.05, 4.69) is 26.4 Å². The molecule has 0 amide bonds. The molecule has 0 spiro atoms. The second-order valence-corrected chi connectivity index (χ2v) is 4.30. The van der Waals surface area contributed by atoms with Crippen molar-refractivity contribution in [3.8, 4) is 0 Å². The smallest absolute Gasteiger partial charge is 0.202 e. The normalized spacial score (nSPS) is 19.2. The van der Waals surface area contributed by atoms with Crippen LogP contribution in [0, 0.1) is 5.92 Å². The molecule has 1 saturated heterocycles. The van der Waals surface area contributed by atoms with Crippen molar-refractivity contribution in [3.05, 3.63) is 16.4 Å². The highest BCUT2D eigenvalue weighted by Gasteiger charge is 2.15. The van der Waals surface area contributed by atoms with Crippen molar-refractivity contribution in [1.29, 1.82) is 0 Å². The highest BCUT2D eigenvalue weighted by molar-refractivity contribution is 9.10. The molecule has 1 aliphatic rings. The fourth-order valence-corrected chi connectivity index (χ4v) is 2.10. The Kier molecular flexibility index (Phi) is 3.01. The molecule has 0 unspecified atom stereocenters. The third-order valence-electron chi connectivity index (χ3n) is 2.49. The van der Waals surface area contributed by atoms with Crippen LogP contribution in [0.15, 0.2) is 15.3 Å². The summed E-state index contributed by atoms with van der Waals surface area (Å²) < 4.78 is 5.69. The van der Waals surface area contributed by atoms with Gasteiger partial charge in [0, 0.05) is 6.07 Å². The van der Waals surface area contributed by atoms with Gasteiger partial charge in [-0.1, -0.05) is 5.16 Å². The van der Waals surface area contributed by atoms with Crippen molar-refractivity contribution in [2.45, 2.75) is 19.3 Å². The Morgan fingerprint density at radius 2 is 2.31 bits per heavy atom. The summed E-state index contributed by atoms with van der Waals surface area (Å²) in [5, 5.41) is 7.32. The standard InChI is InChI=1S/C9H13BrN2O/c10-9-6-8(12-13-9)5-7-1-3-11-4-2-7/h6-7,11H,1-5H2. The van der Waals surface area contributed by atoms with E-state index in [1.54, 1.807) is 0 Å². The van der Waals surface area contributed by atoms with Gasteiger partial charge in [-0.3, -0.25) is 0 Å². The van der Waals surface area contributed by atoms with E-state index in [9.17, 15) is 0 Å². The Labute approximate surface area is 86.0 Å². The number of nitrogens with one attached hydrogen (secondary N) is 1. The number of nitrogens with zero attached hydrogens (tertiary/aromatic N) is 1. The van der Waals surface area contributed by atoms with Gasteiger partial charge in [0.25, 0.3) is 0 Å². The molecule has 1 N–H and O–H groups in total. The third-order valence-corrected chi connectivity index (χ3v) is 2.86. The largest absolute Gasteiger partial charge is 0.349 e. The summed E-state index contributed by atoms with van der Waals surface area (Å²) in [6.07, 6.45) is 3.56. The monoisotopic (exact) mass is 244 g/mol. The first kappa shape index (κ1) is 9.21. The summed E-state index contributed by atoms with van der Waals surface area (Å²) in [5.41, 5.74) is 1.07. The number of halogens is 1. The van der Waals surface area contributed by atoms with E-state index in [4.69, 9.17) is 4.52 Å². The average Bonchev–Trinajstić information content (AvgIpc) is 2.53. The van der Waals surface area contributed by atoms with Gasteiger partial charge in [-0.15, -0.1) is 0 Å². The van der Waals surface area contributed by atoms with Crippen LogP contribution in [0.3, 0.4) is 0 Å². The fraction of sp³-hybridized carbons (Fsp3) is 0.667. The lowest BCUT2D eigenvalue weighted by Crippen LogP contribution is -2.28. The quantitative estimate of drug-likeness (QED) is 0.865. The Morgan fingerprint density at radius 3 is 2.92 bits per heavy atom. The highest BCUT2D eigenvalue weighted by Crippen LogP contribution is 2.19. The van der Waals surface area contributed by atoms with Crippen molar-refractivity contribution < 1.29 is 4.52 Å². The zero-order valence-corrected chi connectivity index (χ0v) is 9.01. The summed E-state index contributed by atoms with van der Waals surface area (Å²) in [4.78, 5) is 0. The van der Waals surface area contributed by atoms with E-state index < -0.39 is 0 Å². The van der Waals surface area contributed by atoms with Gasteiger partial charge in [-0.05, 0) is 54.2 Å². The molecule has 2 rings (SSSR count). The molecule has 0 radical (unpaired) electrons. The molecule has 1 aliphatic heterocycles. The summed E-state index contributed by atoms with van der Waals surface area (Å²) in [7, 11) is 0. The SMILES string of the molecule is Brc1cc(CC2CCNCC2)no1. The van der Waals surface area contributed by atoms with Gasteiger partial charge in [0.15, 0.2) is 0 Å². The maximum Gasteiger partial charge on any atom is 0.202 e. The van der Waals surface area contributed by atoms with E-state index in [0.717, 1.165) is 35.8 Å². The maximum atomic E-state index is 4.96. The Bertz CT molecular complexity index is 268. The molecule has 1 aromatic rings. The van der Waals surface area contributed by atoms with E-state index >= 15 is 0 Å². The average molecular weight is 245 g/mol. The van der Waals surface area contributed by atoms with E-state index in [-0.39, 0.29) is 0 Å². The minimum Gasteiger partial charge on any atom is -0.349 e. The molecule has 4 heteroatoms. The number of aromatic nitrogens is 1. The molecule has 0 bridgehead atoms. The topological polar surface area (TPSA) is 38.1 Å². The number of rotatable bonds is 2. The van der Waals surface area contributed by atoms with Crippen LogP contribution in [0.1, 0.15) is 18.5 Å². The first-order valence-corrected chi connectivity index (χ1v) is 5.46. The van der Waals surface area contributed by atoms with Crippen LogP contribution in [0.2, 0.25) is 0 Å². The molecule has 0 atom stereocenters. The molecule has 72 valence electrons. The third kappa shape index (κ3) is 2.54. The second-order valence-electron chi connectivity index (χ2n) is 3.52. The molecule has 13 heavy (non-hydrogen) atoms. The van der Waals surface area contributed by atoms with Gasteiger partial charge >= 0.3 is 0 Å². The zero-order chi connectivity index (χ0) is 9.10. The van der Waals surface area contributed by atoms with Crippen LogP contribution >= 0.6 is 15.9 Å². The maximum absolute atomic E-state index is 4.96. The Morgan fingerprint density at radius 1 is 1.54 bits per heavy atom. The lowest BCUT2D eigenvalue weighted by Gasteiger charge is -2.21. The first-order valence-electron chi connectivity index (χ1n) is 4.66. The van der Waals surface area contributed by atoms with Crippen molar-refractivity contribution >= 4 is 15.9 Å². The van der Waals surface area contributed by atoms with Crippen molar-refractivity contribution in [3.63, 3.8) is 0 Å². The van der Waals surface area contributed by atoms with Gasteiger partial charge in [0.1, 0.15) is 0 Å². The predicted octanol–water partition coefficient (Wildman–Crippen LogP) is 1.98. The lowest BCUT2D eigenvalue weighted by molar-refractivity contribution is 0.352. The molecular formula is C9H13BrN2O. The summed E-state index contributed by atoms with van der Waals surface area (Å²) in [5.74, 6) is 0.776. The predicted molar refractivity (Wildman–Crippen MR) is 53.5 cm³/mol. The number of hydrogen-bond donors (Lipinski definition) is 1. The molecule has 1 fully saturated rings. The van der Waals surface area contributed by atoms with E-state index in [1.807, 2.05) is 6.07 Å². The molecule has 3 nitrogen and oxygen atoms in total. The number of piperidine rings is 1. The van der Waals surface area contributed by atoms with Crippen LogP contribution in [-0.4, -0.2) is 18.2 Å². The van der Waals surface area contributed by atoms with Crippen LogP contribution in [0.25, 0.3) is 0 Å². The van der Waals surface area contributed by atoms with Gasteiger partial charge in [-0.2, -0.15) is 0 Å². The van der Waals surface area contributed by atoms with Crippen molar-refractivity contribution in [1.82, 2.24) is 10.5 Å². The minimum absolute atomic E-state index is 0.733. The van der Waals surface area contributed by atoms with Crippen molar-refractivity contribution in [2.75, 3.05) is 13.1 Å². The second kappa shape index (κ2) is 4.24. The summed E-state index contributed by atoms with van der Waals surface area (Å²) in [6.45, 7) is 2.29. The molecule has 0 saturated carbocycles. The van der Waals surface area contributed by atoms with Gasteiger partial charge in [-0.25, -0.2) is 0 Å². The highest BCUT2D eigenvalue weighted by atomic mass is 79.9. The van der Waals surface area contributed by atoms with E-state index in [0.29, 0.717) is 0 Å². The Balaban J connectivity index is 1.89. The molecular weight excluding hydrogens is 232 g/mol. The lowest BCUT2D eigenvalue weighted by atomic mass is 9.93. The number of hydrogen-bond acceptors (Lipinski definition) is 3. The van der Waals surface area contributed by atoms with Crippen LogP contribution in [0.5, 0.6) is 0 Å². The van der Waals surface area contributed by atoms with Crippen LogP contribution < -0.4 is 5.32 Å².